The molecule has 2 aromatic carbocycles. The van der Waals surface area contributed by atoms with Crippen molar-refractivity contribution >= 4 is 10.0 Å². The van der Waals surface area contributed by atoms with E-state index in [1.807, 2.05) is 0 Å². The molecule has 1 N–H and O–H groups in total. The zero-order valence-corrected chi connectivity index (χ0v) is 19.9. The normalized spacial score (nSPS) is 15.6. The number of alkyl halides is 6. The molecule has 1 fully saturated rings. The van der Waals surface area contributed by atoms with Crippen molar-refractivity contribution in [1.82, 2.24) is 14.5 Å². The number of aromatic nitrogens is 2. The maximum Gasteiger partial charge on any atom is 0.416 e. The number of nitrogens with zero attached hydrogens (tertiary/aromatic N) is 2. The van der Waals surface area contributed by atoms with Crippen LogP contribution in [0.2, 0.25) is 0 Å². The van der Waals surface area contributed by atoms with Gasteiger partial charge >= 0.3 is 12.4 Å². The molecule has 200 valence electrons. The molecule has 0 atom stereocenters. The van der Waals surface area contributed by atoms with E-state index in [0.29, 0.717) is 5.56 Å². The van der Waals surface area contributed by atoms with Gasteiger partial charge in [-0.05, 0) is 55.7 Å². The van der Waals surface area contributed by atoms with Crippen LogP contribution in [0.25, 0.3) is 11.3 Å². The van der Waals surface area contributed by atoms with Crippen LogP contribution in [-0.4, -0.2) is 30.1 Å². The summed E-state index contributed by atoms with van der Waals surface area (Å²) >= 11 is 0. The van der Waals surface area contributed by atoms with Crippen molar-refractivity contribution in [2.45, 2.75) is 44.2 Å². The van der Waals surface area contributed by atoms with Gasteiger partial charge in [-0.3, -0.25) is 4.68 Å². The highest BCUT2D eigenvalue weighted by atomic mass is 32.2. The molecular formula is C23H20F7N3O3S. The Morgan fingerprint density at radius 1 is 1.05 bits per heavy atom. The quantitative estimate of drug-likeness (QED) is 0.349. The lowest BCUT2D eigenvalue weighted by molar-refractivity contribution is -0.137. The zero-order chi connectivity index (χ0) is 27.2. The number of aryl methyl sites for hydroxylation is 1. The molecule has 1 heterocycles. The molecule has 0 saturated heterocycles. The lowest BCUT2D eigenvalue weighted by atomic mass is 10.0. The van der Waals surface area contributed by atoms with Crippen LogP contribution in [-0.2, 0) is 28.3 Å². The zero-order valence-electron chi connectivity index (χ0n) is 19.1. The van der Waals surface area contributed by atoms with Crippen LogP contribution < -0.4 is 9.46 Å². The third-order valence-corrected chi connectivity index (χ3v) is 7.11. The first-order chi connectivity index (χ1) is 17.1. The largest absolute Gasteiger partial charge is 0.435 e. The van der Waals surface area contributed by atoms with Crippen molar-refractivity contribution in [3.63, 3.8) is 0 Å². The van der Waals surface area contributed by atoms with Gasteiger partial charge in [0, 0.05) is 12.1 Å². The van der Waals surface area contributed by atoms with E-state index >= 15 is 4.39 Å². The van der Waals surface area contributed by atoms with Crippen LogP contribution in [0.4, 0.5) is 30.7 Å². The molecule has 6 nitrogen and oxygen atoms in total. The second kappa shape index (κ2) is 9.31. The maximum atomic E-state index is 15.4. The van der Waals surface area contributed by atoms with E-state index in [0.717, 1.165) is 24.3 Å². The Hall–Kier alpha value is -3.13. The summed E-state index contributed by atoms with van der Waals surface area (Å²) in [7, 11) is -4.68. The average molecular weight is 551 g/mol. The number of rotatable bonds is 8. The number of sulfonamides is 1. The molecule has 1 saturated carbocycles. The third-order valence-electron chi connectivity index (χ3n) is 5.70. The van der Waals surface area contributed by atoms with E-state index in [1.165, 1.54) is 28.9 Å². The van der Waals surface area contributed by atoms with Crippen LogP contribution in [0.1, 0.15) is 30.9 Å². The van der Waals surface area contributed by atoms with Gasteiger partial charge in [0.2, 0.25) is 15.8 Å². The fourth-order valence-electron chi connectivity index (χ4n) is 3.90. The Morgan fingerprint density at radius 3 is 2.24 bits per heavy atom. The van der Waals surface area contributed by atoms with Crippen LogP contribution in [0.5, 0.6) is 11.6 Å². The van der Waals surface area contributed by atoms with Gasteiger partial charge in [-0.2, -0.15) is 30.7 Å². The molecule has 0 spiro atoms. The predicted octanol–water partition coefficient (Wildman–Crippen LogP) is 5.99. The van der Waals surface area contributed by atoms with Gasteiger partial charge < -0.3 is 4.74 Å². The Kier molecular flexibility index (Phi) is 6.78. The smallest absolute Gasteiger partial charge is 0.416 e. The fraction of sp³-hybridized carbons (Fsp3) is 0.348. The minimum absolute atomic E-state index is 0.0415. The molecule has 1 aromatic heterocycles. The summed E-state index contributed by atoms with van der Waals surface area (Å²) in [6, 6.07) is 9.61. The minimum atomic E-state index is -4.91. The van der Waals surface area contributed by atoms with Crippen molar-refractivity contribution in [3.05, 3.63) is 65.5 Å². The van der Waals surface area contributed by atoms with E-state index in [2.05, 4.69) is 9.82 Å². The van der Waals surface area contributed by atoms with Gasteiger partial charge in [0.1, 0.15) is 11.4 Å². The fourth-order valence-corrected chi connectivity index (χ4v) is 5.32. The monoisotopic (exact) mass is 551 g/mol. The molecule has 0 radical (unpaired) electrons. The highest BCUT2D eigenvalue weighted by molar-refractivity contribution is 7.89. The lowest BCUT2D eigenvalue weighted by Gasteiger charge is -2.19. The second-order valence-corrected chi connectivity index (χ2v) is 10.3. The van der Waals surface area contributed by atoms with Crippen LogP contribution in [0.15, 0.2) is 48.5 Å². The first-order valence-electron chi connectivity index (χ1n) is 10.9. The second-order valence-electron chi connectivity index (χ2n) is 8.55. The first-order valence-corrected chi connectivity index (χ1v) is 12.6. The van der Waals surface area contributed by atoms with Gasteiger partial charge in [-0.25, -0.2) is 13.1 Å². The number of halogens is 7. The standard InChI is InChI=1S/C23H20F7N3O3S/c1-2-33-19(18(24)20(31-33)36-17-8-6-15(7-9-17)23(28,29)30)14-4-3-5-16(12-14)21(10-11-21)32-37(34,35)13-22(25,26)27/h3-9,12,32H,2,10-11,13H2,1H3. The van der Waals surface area contributed by atoms with Gasteiger partial charge in [-0.15, -0.1) is 5.10 Å². The van der Waals surface area contributed by atoms with Crippen LogP contribution in [0.3, 0.4) is 0 Å². The highest BCUT2D eigenvalue weighted by Crippen LogP contribution is 2.47. The van der Waals surface area contributed by atoms with E-state index in [9.17, 15) is 34.8 Å². The number of benzene rings is 2. The topological polar surface area (TPSA) is 73.2 Å². The minimum Gasteiger partial charge on any atom is -0.435 e. The molecule has 0 aliphatic heterocycles. The summed E-state index contributed by atoms with van der Waals surface area (Å²) in [4.78, 5) is 0. The number of nitrogens with one attached hydrogen (secondary N) is 1. The summed E-state index contributed by atoms with van der Waals surface area (Å²) in [5.41, 5.74) is -1.58. The molecule has 1 aliphatic rings. The van der Waals surface area contributed by atoms with Gasteiger partial charge in [0.15, 0.2) is 5.75 Å². The molecule has 0 bridgehead atoms. The molecule has 1 aliphatic carbocycles. The van der Waals surface area contributed by atoms with Crippen LogP contribution in [0, 0.1) is 5.82 Å². The predicted molar refractivity (Wildman–Crippen MR) is 119 cm³/mol. The molecule has 0 unspecified atom stereocenters. The molecule has 14 heteroatoms. The summed E-state index contributed by atoms with van der Waals surface area (Å²) in [6.07, 6.45) is -8.95. The van der Waals surface area contributed by atoms with Gasteiger partial charge in [0.05, 0.1) is 11.1 Å². The number of ether oxygens (including phenoxy) is 1. The third kappa shape index (κ3) is 6.06. The Morgan fingerprint density at radius 2 is 1.70 bits per heavy atom. The molecule has 3 aromatic rings. The summed E-state index contributed by atoms with van der Waals surface area (Å²) in [6.45, 7) is 1.84. The van der Waals surface area contributed by atoms with Crippen molar-refractivity contribution < 1.29 is 43.9 Å². The van der Waals surface area contributed by atoms with Gasteiger partial charge in [0.25, 0.3) is 5.88 Å². The van der Waals surface area contributed by atoms with Crippen molar-refractivity contribution in [3.8, 4) is 22.9 Å². The number of hydrogen-bond acceptors (Lipinski definition) is 4. The first kappa shape index (κ1) is 26.9. The Bertz CT molecular complexity index is 1390. The highest BCUT2D eigenvalue weighted by Gasteiger charge is 2.49. The van der Waals surface area contributed by atoms with E-state index in [1.54, 1.807) is 6.92 Å². The van der Waals surface area contributed by atoms with Crippen molar-refractivity contribution in [2.24, 2.45) is 0 Å². The SMILES string of the molecule is CCn1nc(Oc2ccc(C(F)(F)F)cc2)c(F)c1-c1cccc(C2(NS(=O)(=O)CC(F)(F)F)CC2)c1. The summed E-state index contributed by atoms with van der Waals surface area (Å²) < 4.78 is 125. The van der Waals surface area contributed by atoms with Crippen LogP contribution >= 0.6 is 0 Å². The molecule has 37 heavy (non-hydrogen) atoms. The average Bonchev–Trinajstić information content (AvgIpc) is 3.48. The summed E-state index contributed by atoms with van der Waals surface area (Å²) in [5.74, 6) is -3.51. The Balaban J connectivity index is 1.63. The maximum absolute atomic E-state index is 15.4. The number of hydrogen-bond donors (Lipinski definition) is 1. The molecular weight excluding hydrogens is 531 g/mol. The summed E-state index contributed by atoms with van der Waals surface area (Å²) in [5, 5.41) is 4.04. The molecule has 4 rings (SSSR count). The van der Waals surface area contributed by atoms with Gasteiger partial charge in [-0.1, -0.05) is 18.2 Å². The lowest BCUT2D eigenvalue weighted by Crippen LogP contribution is -2.40. The van der Waals surface area contributed by atoms with E-state index in [4.69, 9.17) is 4.74 Å². The Labute approximate surface area is 207 Å². The van der Waals surface area contributed by atoms with E-state index < -0.39 is 50.9 Å². The van der Waals surface area contributed by atoms with E-state index in [-0.39, 0.29) is 36.4 Å². The van der Waals surface area contributed by atoms with Crippen molar-refractivity contribution in [1.29, 1.82) is 0 Å². The molecule has 0 amide bonds. The van der Waals surface area contributed by atoms with Crippen molar-refractivity contribution in [2.75, 3.05) is 5.75 Å².